The largest absolute Gasteiger partial charge is 0.481 e. The molecule has 0 aromatic heterocycles. The lowest BCUT2D eigenvalue weighted by molar-refractivity contribution is -0.156. The van der Waals surface area contributed by atoms with E-state index in [1.807, 2.05) is 0 Å². The van der Waals surface area contributed by atoms with Gasteiger partial charge >= 0.3 is 35.8 Å². The lowest BCUT2D eigenvalue weighted by Crippen LogP contribution is -2.21. The van der Waals surface area contributed by atoms with E-state index in [2.05, 4.69) is 76.3 Å². The van der Waals surface area contributed by atoms with Gasteiger partial charge in [0, 0.05) is 51.4 Å². The predicted molar refractivity (Wildman–Crippen MR) is 363 cm³/mol. The van der Waals surface area contributed by atoms with Crippen LogP contribution < -0.4 is 0 Å². The van der Waals surface area contributed by atoms with Gasteiger partial charge in [-0.2, -0.15) is 0 Å². The topological polar surface area (TPSA) is 180 Å². The minimum atomic E-state index is -0.715. The summed E-state index contributed by atoms with van der Waals surface area (Å²) >= 11 is 0. The van der Waals surface area contributed by atoms with Crippen LogP contribution >= 0.6 is 0 Å². The van der Waals surface area contributed by atoms with Crippen LogP contribution in [0.25, 0.3) is 0 Å². The average molecular weight is 1240 g/mol. The molecule has 0 aromatic rings. The highest BCUT2D eigenvalue weighted by molar-refractivity contribution is 5.78. The number of ether oxygens (including phenoxy) is 4. The Labute approximate surface area is 538 Å². The molecule has 0 aliphatic carbocycles. The summed E-state index contributed by atoms with van der Waals surface area (Å²) < 4.78 is 23.9. The first-order chi connectivity index (χ1) is 42.9. The summed E-state index contributed by atoms with van der Waals surface area (Å²) in [5.74, 6) is -2.28. The number of hydrogen-bond acceptors (Lipinski definition) is 10. The molecule has 0 spiro atoms. The van der Waals surface area contributed by atoms with Crippen LogP contribution in [0, 0.1) is 0 Å². The molecule has 0 radical (unpaired) electrons. The van der Waals surface area contributed by atoms with Crippen molar-refractivity contribution < 1.29 is 57.9 Å². The SMILES string of the molecule is CCCCCCC(C/C=C/CCCCCCCC(=O)O)OC(=O)CCCCCCC/C=C/CC(CCCCCC)OC(=O)CCC(=O)OC(C/C=C/CCCCCCCC(=O)OC(C/C=C/CCCCCCCC(=O)O)CCCCCC)CCCCCC. The molecule has 0 fully saturated rings. The number of rotatable bonds is 67. The lowest BCUT2D eigenvalue weighted by Gasteiger charge is -2.18. The molecule has 0 saturated heterocycles. The van der Waals surface area contributed by atoms with Crippen molar-refractivity contribution in [3.8, 4) is 0 Å². The first-order valence-electron chi connectivity index (χ1n) is 36.7. The number of aliphatic carboxylic acids is 2. The Morgan fingerprint density at radius 2 is 0.455 bits per heavy atom. The van der Waals surface area contributed by atoms with Crippen molar-refractivity contribution in [1.29, 1.82) is 0 Å². The normalized spacial score (nSPS) is 13.2. The maximum atomic E-state index is 13.1. The summed E-state index contributed by atoms with van der Waals surface area (Å²) in [5, 5.41) is 17.6. The fourth-order valence-corrected chi connectivity index (χ4v) is 11.0. The van der Waals surface area contributed by atoms with Crippen LogP contribution in [0.5, 0.6) is 0 Å². The molecule has 0 bridgehead atoms. The summed E-state index contributed by atoms with van der Waals surface area (Å²) in [7, 11) is 0. The molecule has 88 heavy (non-hydrogen) atoms. The molecule has 4 atom stereocenters. The fraction of sp³-hybridized carbons (Fsp3) is 0.816. The Balaban J connectivity index is 4.74. The molecule has 4 unspecified atom stereocenters. The molecule has 12 heteroatoms. The van der Waals surface area contributed by atoms with Gasteiger partial charge in [0.2, 0.25) is 0 Å². The van der Waals surface area contributed by atoms with Crippen LogP contribution in [-0.2, 0) is 47.7 Å². The summed E-state index contributed by atoms with van der Waals surface area (Å²) in [6.45, 7) is 8.80. The zero-order valence-electron chi connectivity index (χ0n) is 57.1. The summed E-state index contributed by atoms with van der Waals surface area (Å²) in [4.78, 5) is 73.3. The van der Waals surface area contributed by atoms with Gasteiger partial charge in [-0.3, -0.25) is 28.8 Å². The zero-order chi connectivity index (χ0) is 64.4. The van der Waals surface area contributed by atoms with Crippen molar-refractivity contribution >= 4 is 35.8 Å². The van der Waals surface area contributed by atoms with Gasteiger partial charge in [0.05, 0.1) is 12.8 Å². The number of esters is 4. The second-order valence-corrected chi connectivity index (χ2v) is 25.2. The number of carbonyl (C=O) groups excluding carboxylic acids is 4. The van der Waals surface area contributed by atoms with E-state index in [0.717, 1.165) is 257 Å². The van der Waals surface area contributed by atoms with Crippen molar-refractivity contribution in [2.75, 3.05) is 0 Å². The van der Waals surface area contributed by atoms with E-state index in [1.54, 1.807) is 0 Å². The third-order valence-corrected chi connectivity index (χ3v) is 16.5. The van der Waals surface area contributed by atoms with E-state index in [1.165, 1.54) is 38.5 Å². The molecule has 510 valence electrons. The summed E-state index contributed by atoms with van der Waals surface area (Å²) in [6.07, 6.45) is 66.9. The lowest BCUT2D eigenvalue weighted by atomic mass is 10.0. The van der Waals surface area contributed by atoms with Gasteiger partial charge in [-0.1, -0.05) is 230 Å². The van der Waals surface area contributed by atoms with Crippen LogP contribution in [0.3, 0.4) is 0 Å². The monoisotopic (exact) mass is 1240 g/mol. The Hall–Kier alpha value is -4.22. The molecule has 0 amide bonds. The van der Waals surface area contributed by atoms with Gasteiger partial charge in [0.1, 0.15) is 24.4 Å². The van der Waals surface area contributed by atoms with E-state index in [-0.39, 0.29) is 74.0 Å². The van der Waals surface area contributed by atoms with E-state index in [4.69, 9.17) is 29.2 Å². The molecule has 0 aromatic carbocycles. The van der Waals surface area contributed by atoms with Gasteiger partial charge in [-0.25, -0.2) is 0 Å². The summed E-state index contributed by atoms with van der Waals surface area (Å²) in [5.41, 5.74) is 0. The summed E-state index contributed by atoms with van der Waals surface area (Å²) in [6, 6.07) is 0. The molecule has 0 saturated carbocycles. The zero-order valence-corrected chi connectivity index (χ0v) is 57.1. The van der Waals surface area contributed by atoms with Gasteiger partial charge < -0.3 is 29.2 Å². The fourth-order valence-electron chi connectivity index (χ4n) is 11.0. The van der Waals surface area contributed by atoms with E-state index >= 15 is 0 Å². The Morgan fingerprint density at radius 1 is 0.250 bits per heavy atom. The van der Waals surface area contributed by atoms with E-state index < -0.39 is 11.9 Å². The highest BCUT2D eigenvalue weighted by Crippen LogP contribution is 2.21. The van der Waals surface area contributed by atoms with Gasteiger partial charge in [0.15, 0.2) is 0 Å². The molecule has 0 heterocycles. The third kappa shape index (κ3) is 62.0. The van der Waals surface area contributed by atoms with Crippen LogP contribution in [-0.4, -0.2) is 70.4 Å². The minimum absolute atomic E-state index is 0.0178. The number of carboxylic acids is 2. The highest BCUT2D eigenvalue weighted by atomic mass is 16.6. The van der Waals surface area contributed by atoms with Gasteiger partial charge in [-0.05, 0) is 128 Å². The smallest absolute Gasteiger partial charge is 0.306 e. The maximum absolute atomic E-state index is 13.1. The Kier molecular flexibility index (Phi) is 62.6. The first-order valence-corrected chi connectivity index (χ1v) is 36.7. The van der Waals surface area contributed by atoms with Crippen molar-refractivity contribution in [2.24, 2.45) is 0 Å². The van der Waals surface area contributed by atoms with E-state index in [0.29, 0.717) is 25.7 Å². The molecule has 0 aliphatic rings. The van der Waals surface area contributed by atoms with Crippen LogP contribution in [0.2, 0.25) is 0 Å². The Bertz CT molecular complexity index is 1640. The number of hydrogen-bond donors (Lipinski definition) is 2. The minimum Gasteiger partial charge on any atom is -0.481 e. The predicted octanol–water partition coefficient (Wildman–Crippen LogP) is 22.2. The number of carbonyl (C=O) groups is 6. The number of unbranched alkanes of at least 4 members (excludes halogenated alkanes) is 32. The quantitative estimate of drug-likeness (QED) is 0.0255. The second kappa shape index (κ2) is 65.7. The molecular formula is C76H134O12. The van der Waals surface area contributed by atoms with Gasteiger partial charge in [-0.15, -0.1) is 0 Å². The van der Waals surface area contributed by atoms with Crippen LogP contribution in [0.15, 0.2) is 48.6 Å². The standard InChI is InChI=1S/C76H134O12/c1-5-9-13-41-53-67(57-45-33-25-17-21-29-37-49-61-71(77)78)85-73(81)63-51-39-31-23-19-27-35-47-59-69(55-43-15-11-7-3)87-75(83)65-66-76(84)88-70(56-44-16-12-8-4)60-48-36-28-20-24-32-40-52-64-74(82)86-68(54-42-14-10-6-2)58-46-34-26-18-22-30-38-50-62-72(79)80/h33-36,45-48,67-70H,5-32,37-44,49-66H2,1-4H3,(H,77,78)(H,79,80)/b45-33+,46-34+,47-35+,48-36+. The third-order valence-electron chi connectivity index (χ3n) is 16.5. The molecular weight excluding hydrogens is 1100 g/mol. The maximum Gasteiger partial charge on any atom is 0.306 e. The van der Waals surface area contributed by atoms with Crippen molar-refractivity contribution in [3.63, 3.8) is 0 Å². The van der Waals surface area contributed by atoms with Crippen molar-refractivity contribution in [2.45, 2.75) is 399 Å². The van der Waals surface area contributed by atoms with Gasteiger partial charge in [0.25, 0.3) is 0 Å². The van der Waals surface area contributed by atoms with Crippen molar-refractivity contribution in [3.05, 3.63) is 48.6 Å². The second-order valence-electron chi connectivity index (χ2n) is 25.2. The molecule has 2 N–H and O–H groups in total. The highest BCUT2D eigenvalue weighted by Gasteiger charge is 2.19. The number of carboxylic acid groups (broad SMARTS) is 2. The first kappa shape index (κ1) is 83.8. The average Bonchev–Trinajstić information content (AvgIpc) is 3.62. The van der Waals surface area contributed by atoms with Crippen LogP contribution in [0.1, 0.15) is 374 Å². The molecule has 12 nitrogen and oxygen atoms in total. The molecule has 0 rings (SSSR count). The van der Waals surface area contributed by atoms with E-state index in [9.17, 15) is 28.8 Å². The van der Waals surface area contributed by atoms with Crippen LogP contribution in [0.4, 0.5) is 0 Å². The van der Waals surface area contributed by atoms with Crippen molar-refractivity contribution in [1.82, 2.24) is 0 Å². The number of allylic oxidation sites excluding steroid dienone is 4. The Morgan fingerprint density at radius 3 is 0.693 bits per heavy atom. The molecule has 0 aliphatic heterocycles.